The predicted molar refractivity (Wildman–Crippen MR) is 54.0 cm³/mol. The highest BCUT2D eigenvalue weighted by molar-refractivity contribution is 5.85. The molecule has 0 N–H and O–H groups in total. The van der Waals surface area contributed by atoms with E-state index in [1.807, 2.05) is 13.8 Å². The first-order chi connectivity index (χ1) is 6.99. The molecule has 4 heteroatoms. The van der Waals surface area contributed by atoms with Crippen LogP contribution in [0.3, 0.4) is 0 Å². The maximum absolute atomic E-state index is 11.7. The Labute approximate surface area is 89.9 Å². The monoisotopic (exact) mass is 214 g/mol. The van der Waals surface area contributed by atoms with Crippen molar-refractivity contribution in [1.82, 2.24) is 0 Å². The van der Waals surface area contributed by atoms with Crippen LogP contribution in [-0.2, 0) is 19.1 Å². The predicted octanol–water partition coefficient (Wildman–Crippen LogP) is 1.38. The van der Waals surface area contributed by atoms with Gasteiger partial charge in [0.25, 0.3) is 0 Å². The minimum atomic E-state index is -0.447. The largest absolute Gasteiger partial charge is 0.466 e. The molecule has 1 rings (SSSR count). The second kappa shape index (κ2) is 4.64. The van der Waals surface area contributed by atoms with Gasteiger partial charge in [-0.2, -0.15) is 0 Å². The summed E-state index contributed by atoms with van der Waals surface area (Å²) < 4.78 is 10.1. The topological polar surface area (TPSA) is 52.6 Å². The Balaban J connectivity index is 2.81. The van der Waals surface area contributed by atoms with Crippen LogP contribution in [0, 0.1) is 17.8 Å². The number of hydrogen-bond donors (Lipinski definition) is 0. The number of carbonyl (C=O) groups is 2. The van der Waals surface area contributed by atoms with Crippen LogP contribution in [-0.4, -0.2) is 24.6 Å². The van der Waals surface area contributed by atoms with Crippen LogP contribution < -0.4 is 0 Å². The average molecular weight is 214 g/mol. The van der Waals surface area contributed by atoms with Crippen molar-refractivity contribution in [2.45, 2.75) is 33.8 Å². The number of esters is 2. The molecule has 0 bridgehead atoms. The Kier molecular flexibility index (Phi) is 3.72. The molecule has 0 aromatic rings. The van der Waals surface area contributed by atoms with Gasteiger partial charge in [0.2, 0.25) is 0 Å². The first kappa shape index (κ1) is 12.0. The van der Waals surface area contributed by atoms with Crippen molar-refractivity contribution in [3.8, 4) is 0 Å². The molecule has 0 saturated carbocycles. The maximum Gasteiger partial charge on any atom is 0.313 e. The van der Waals surface area contributed by atoms with Gasteiger partial charge < -0.3 is 9.47 Å². The minimum absolute atomic E-state index is 0.133. The zero-order valence-corrected chi connectivity index (χ0v) is 9.65. The Morgan fingerprint density at radius 1 is 1.53 bits per heavy atom. The molecule has 0 aromatic carbocycles. The summed E-state index contributed by atoms with van der Waals surface area (Å²) >= 11 is 0. The van der Waals surface area contributed by atoms with Crippen molar-refractivity contribution in [3.05, 3.63) is 0 Å². The number of rotatable bonds is 3. The fourth-order valence-corrected chi connectivity index (χ4v) is 1.87. The van der Waals surface area contributed by atoms with E-state index in [1.165, 1.54) is 0 Å². The summed E-state index contributed by atoms with van der Waals surface area (Å²) in [7, 11) is 0. The van der Waals surface area contributed by atoms with Crippen LogP contribution in [0.1, 0.15) is 27.7 Å². The van der Waals surface area contributed by atoms with E-state index in [1.54, 1.807) is 13.8 Å². The Morgan fingerprint density at radius 3 is 2.60 bits per heavy atom. The molecular formula is C11H18O4. The van der Waals surface area contributed by atoms with Crippen LogP contribution in [0.25, 0.3) is 0 Å². The molecule has 1 fully saturated rings. The van der Waals surface area contributed by atoms with Crippen molar-refractivity contribution >= 4 is 11.9 Å². The van der Waals surface area contributed by atoms with E-state index in [9.17, 15) is 9.59 Å². The van der Waals surface area contributed by atoms with Crippen molar-refractivity contribution in [2.75, 3.05) is 6.61 Å². The Hall–Kier alpha value is -1.06. The molecule has 1 saturated heterocycles. The summed E-state index contributed by atoms with van der Waals surface area (Å²) in [6.07, 6.45) is -0.341. The molecule has 15 heavy (non-hydrogen) atoms. The second-order valence-electron chi connectivity index (χ2n) is 4.21. The summed E-state index contributed by atoms with van der Waals surface area (Å²) in [5, 5.41) is 0. The summed E-state index contributed by atoms with van der Waals surface area (Å²) in [5.41, 5.74) is 0. The molecular weight excluding hydrogens is 196 g/mol. The normalized spacial score (nSPS) is 30.5. The quantitative estimate of drug-likeness (QED) is 0.666. The lowest BCUT2D eigenvalue weighted by Gasteiger charge is -2.20. The minimum Gasteiger partial charge on any atom is -0.466 e. The van der Waals surface area contributed by atoms with Crippen molar-refractivity contribution < 1.29 is 19.1 Å². The Bertz CT molecular complexity index is 259. The second-order valence-corrected chi connectivity index (χ2v) is 4.21. The van der Waals surface area contributed by atoms with Gasteiger partial charge in [-0.05, 0) is 12.8 Å². The molecule has 0 spiro atoms. The molecule has 86 valence electrons. The van der Waals surface area contributed by atoms with Gasteiger partial charge in [0.1, 0.15) is 12.0 Å². The van der Waals surface area contributed by atoms with Gasteiger partial charge in [-0.3, -0.25) is 9.59 Å². The molecule has 4 nitrogen and oxygen atoms in total. The van der Waals surface area contributed by atoms with E-state index in [-0.39, 0.29) is 24.0 Å². The fourth-order valence-electron chi connectivity index (χ4n) is 1.87. The third-order valence-electron chi connectivity index (χ3n) is 2.73. The third-order valence-corrected chi connectivity index (χ3v) is 2.73. The maximum atomic E-state index is 11.7. The van der Waals surface area contributed by atoms with Gasteiger partial charge in [-0.15, -0.1) is 0 Å². The Morgan fingerprint density at radius 2 is 2.13 bits per heavy atom. The molecule has 3 atom stereocenters. The SMILES string of the molecule is CCOC(=O)[C@@H]1[C@H](C)C(=O)O[C@@H]1C(C)C. The molecule has 0 aromatic heterocycles. The van der Waals surface area contributed by atoms with Crippen molar-refractivity contribution in [1.29, 1.82) is 0 Å². The number of ether oxygens (including phenoxy) is 2. The highest BCUT2D eigenvalue weighted by Gasteiger charge is 2.48. The number of hydrogen-bond acceptors (Lipinski definition) is 4. The number of cyclic esters (lactones) is 1. The summed E-state index contributed by atoms with van der Waals surface area (Å²) in [6.45, 7) is 7.67. The molecule has 1 aliphatic heterocycles. The van der Waals surface area contributed by atoms with E-state index in [4.69, 9.17) is 9.47 Å². The van der Waals surface area contributed by atoms with Crippen molar-refractivity contribution in [2.24, 2.45) is 17.8 Å². The lowest BCUT2D eigenvalue weighted by Crippen LogP contribution is -2.33. The lowest BCUT2D eigenvalue weighted by molar-refractivity contribution is -0.151. The van der Waals surface area contributed by atoms with E-state index >= 15 is 0 Å². The molecule has 1 aliphatic rings. The van der Waals surface area contributed by atoms with Gasteiger partial charge in [0.15, 0.2) is 0 Å². The first-order valence-corrected chi connectivity index (χ1v) is 5.36. The van der Waals surface area contributed by atoms with Gasteiger partial charge in [0.05, 0.1) is 12.5 Å². The van der Waals surface area contributed by atoms with E-state index in [2.05, 4.69) is 0 Å². The molecule has 0 amide bonds. The van der Waals surface area contributed by atoms with Gasteiger partial charge in [0, 0.05) is 0 Å². The van der Waals surface area contributed by atoms with E-state index < -0.39 is 11.8 Å². The van der Waals surface area contributed by atoms with Crippen LogP contribution in [0.4, 0.5) is 0 Å². The fraction of sp³-hybridized carbons (Fsp3) is 0.818. The van der Waals surface area contributed by atoms with Crippen LogP contribution in [0.15, 0.2) is 0 Å². The van der Waals surface area contributed by atoms with Crippen LogP contribution in [0.2, 0.25) is 0 Å². The van der Waals surface area contributed by atoms with Gasteiger partial charge in [-0.25, -0.2) is 0 Å². The smallest absolute Gasteiger partial charge is 0.313 e. The molecule has 0 aliphatic carbocycles. The highest BCUT2D eigenvalue weighted by atomic mass is 16.6. The van der Waals surface area contributed by atoms with E-state index in [0.717, 1.165) is 0 Å². The molecule has 0 radical (unpaired) electrons. The van der Waals surface area contributed by atoms with Crippen molar-refractivity contribution in [3.63, 3.8) is 0 Å². The average Bonchev–Trinajstić information content (AvgIpc) is 2.44. The summed E-state index contributed by atoms with van der Waals surface area (Å²) in [6, 6.07) is 0. The first-order valence-electron chi connectivity index (χ1n) is 5.36. The standard InChI is InChI=1S/C11H18O4/c1-5-14-11(13)8-7(4)10(12)15-9(8)6(2)3/h6-9H,5H2,1-4H3/t7-,8+,9+/m0/s1. The highest BCUT2D eigenvalue weighted by Crippen LogP contribution is 2.33. The van der Waals surface area contributed by atoms with Crippen LogP contribution in [0.5, 0.6) is 0 Å². The summed E-state index contributed by atoms with van der Waals surface area (Å²) in [5.74, 6) is -1.33. The zero-order valence-electron chi connectivity index (χ0n) is 9.65. The number of carbonyl (C=O) groups excluding carboxylic acids is 2. The van der Waals surface area contributed by atoms with Gasteiger partial charge in [-0.1, -0.05) is 20.8 Å². The molecule has 1 heterocycles. The molecule has 0 unspecified atom stereocenters. The zero-order chi connectivity index (χ0) is 11.6. The van der Waals surface area contributed by atoms with Gasteiger partial charge >= 0.3 is 11.9 Å². The summed E-state index contributed by atoms with van der Waals surface area (Å²) in [4.78, 5) is 23.0. The lowest BCUT2D eigenvalue weighted by atomic mass is 9.87. The van der Waals surface area contributed by atoms with Crippen LogP contribution >= 0.6 is 0 Å². The van der Waals surface area contributed by atoms with E-state index in [0.29, 0.717) is 6.61 Å². The third kappa shape index (κ3) is 2.30.